The van der Waals surface area contributed by atoms with Gasteiger partial charge in [0.05, 0.1) is 0 Å². The van der Waals surface area contributed by atoms with Gasteiger partial charge in [-0.1, -0.05) is 19.9 Å². The molecule has 1 N–H and O–H groups in total. The summed E-state index contributed by atoms with van der Waals surface area (Å²) in [7, 11) is 0. The maximum atomic E-state index is 4.41. The summed E-state index contributed by atoms with van der Waals surface area (Å²) < 4.78 is 0. The van der Waals surface area contributed by atoms with Gasteiger partial charge in [0.25, 0.3) is 0 Å². The van der Waals surface area contributed by atoms with Crippen LogP contribution in [0.15, 0.2) is 12.1 Å². The van der Waals surface area contributed by atoms with Gasteiger partial charge < -0.3 is 5.32 Å². The molecule has 1 aromatic heterocycles. The number of rotatable bonds is 3. The van der Waals surface area contributed by atoms with Crippen molar-refractivity contribution in [2.24, 2.45) is 0 Å². The summed E-state index contributed by atoms with van der Waals surface area (Å²) in [5.41, 5.74) is 3.51. The van der Waals surface area contributed by atoms with Crippen molar-refractivity contribution in [3.63, 3.8) is 0 Å². The molecule has 2 heteroatoms. The van der Waals surface area contributed by atoms with Gasteiger partial charge in [-0.15, -0.1) is 0 Å². The molecule has 1 heterocycles. The summed E-state index contributed by atoms with van der Waals surface area (Å²) >= 11 is 0. The molecule has 0 unspecified atom stereocenters. The first kappa shape index (κ1) is 10.2. The van der Waals surface area contributed by atoms with E-state index in [1.54, 1.807) is 0 Å². The molecule has 2 nitrogen and oxygen atoms in total. The molecule has 0 saturated carbocycles. The Kier molecular flexibility index (Phi) is 3.43. The first-order valence-corrected chi connectivity index (χ1v) is 4.76. The Morgan fingerprint density at radius 2 is 2.00 bits per heavy atom. The van der Waals surface area contributed by atoms with E-state index >= 15 is 0 Å². The van der Waals surface area contributed by atoms with Gasteiger partial charge in [-0.3, -0.25) is 4.98 Å². The van der Waals surface area contributed by atoms with Crippen LogP contribution in [0.1, 0.15) is 30.8 Å². The molecule has 0 aliphatic heterocycles. The van der Waals surface area contributed by atoms with Crippen LogP contribution in [0.3, 0.4) is 0 Å². The molecule has 72 valence electrons. The minimum Gasteiger partial charge on any atom is -0.310 e. The van der Waals surface area contributed by atoms with E-state index < -0.39 is 0 Å². The maximum Gasteiger partial charge on any atom is 0.0420 e. The van der Waals surface area contributed by atoms with Crippen molar-refractivity contribution in [3.8, 4) is 0 Å². The molecule has 0 saturated heterocycles. The fourth-order valence-corrected chi connectivity index (χ4v) is 1.22. The summed E-state index contributed by atoms with van der Waals surface area (Å²) in [5.74, 6) is 0. The quantitative estimate of drug-likeness (QED) is 0.767. The average Bonchev–Trinajstić information content (AvgIpc) is 2.02. The predicted octanol–water partition coefficient (Wildman–Crippen LogP) is 2.20. The summed E-state index contributed by atoms with van der Waals surface area (Å²) in [6.07, 6.45) is 0. The second kappa shape index (κ2) is 4.38. The molecule has 0 atom stereocenters. The molecule has 0 spiro atoms. The predicted molar refractivity (Wildman–Crippen MR) is 55.7 cm³/mol. The topological polar surface area (TPSA) is 24.9 Å². The third-order valence-corrected chi connectivity index (χ3v) is 2.04. The molecule has 1 aromatic rings. The molecule has 0 aromatic carbocycles. The van der Waals surface area contributed by atoms with Crippen LogP contribution >= 0.6 is 0 Å². The van der Waals surface area contributed by atoms with Crippen LogP contribution < -0.4 is 5.32 Å². The zero-order valence-electron chi connectivity index (χ0n) is 8.89. The Labute approximate surface area is 80.4 Å². The zero-order valence-corrected chi connectivity index (χ0v) is 8.89. The van der Waals surface area contributed by atoms with Crippen LogP contribution in [0, 0.1) is 13.8 Å². The smallest absolute Gasteiger partial charge is 0.0420 e. The zero-order chi connectivity index (χ0) is 9.84. The SMILES string of the molecule is Cc1ccc(CNC(C)C)c(C)n1. The van der Waals surface area contributed by atoms with Gasteiger partial charge in [-0.25, -0.2) is 0 Å². The van der Waals surface area contributed by atoms with Gasteiger partial charge in [0.2, 0.25) is 0 Å². The van der Waals surface area contributed by atoms with E-state index in [-0.39, 0.29) is 0 Å². The largest absolute Gasteiger partial charge is 0.310 e. The minimum absolute atomic E-state index is 0.528. The van der Waals surface area contributed by atoms with Gasteiger partial charge in [0.15, 0.2) is 0 Å². The van der Waals surface area contributed by atoms with Crippen molar-refractivity contribution in [3.05, 3.63) is 29.1 Å². The number of nitrogens with one attached hydrogen (secondary N) is 1. The van der Waals surface area contributed by atoms with Crippen molar-refractivity contribution in [2.75, 3.05) is 0 Å². The highest BCUT2D eigenvalue weighted by Gasteiger charge is 2.00. The van der Waals surface area contributed by atoms with E-state index in [1.165, 1.54) is 5.56 Å². The molecular formula is C11H18N2. The number of hydrogen-bond acceptors (Lipinski definition) is 2. The summed E-state index contributed by atoms with van der Waals surface area (Å²) in [6.45, 7) is 9.29. The lowest BCUT2D eigenvalue weighted by molar-refractivity contribution is 0.586. The molecule has 1 rings (SSSR count). The highest BCUT2D eigenvalue weighted by atomic mass is 14.9. The lowest BCUT2D eigenvalue weighted by Gasteiger charge is -2.10. The number of aryl methyl sites for hydroxylation is 2. The highest BCUT2D eigenvalue weighted by Crippen LogP contribution is 2.05. The number of pyridine rings is 1. The standard InChI is InChI=1S/C11H18N2/c1-8(2)12-7-11-6-5-9(3)13-10(11)4/h5-6,8,12H,7H2,1-4H3. The molecule has 13 heavy (non-hydrogen) atoms. The van der Waals surface area contributed by atoms with E-state index in [0.29, 0.717) is 6.04 Å². The third kappa shape index (κ3) is 3.15. The van der Waals surface area contributed by atoms with Gasteiger partial charge in [0, 0.05) is 24.0 Å². The Bertz CT molecular complexity index is 279. The van der Waals surface area contributed by atoms with E-state index in [4.69, 9.17) is 0 Å². The van der Waals surface area contributed by atoms with Gasteiger partial charge in [0.1, 0.15) is 0 Å². The molecule has 0 fully saturated rings. The van der Waals surface area contributed by atoms with Crippen LogP contribution in [-0.4, -0.2) is 11.0 Å². The first-order valence-electron chi connectivity index (χ1n) is 4.76. The lowest BCUT2D eigenvalue weighted by atomic mass is 10.2. The summed E-state index contributed by atoms with van der Waals surface area (Å²) in [5, 5.41) is 3.38. The first-order chi connectivity index (χ1) is 6.09. The number of aromatic nitrogens is 1. The molecular weight excluding hydrogens is 160 g/mol. The summed E-state index contributed by atoms with van der Waals surface area (Å²) in [6, 6.07) is 4.73. The van der Waals surface area contributed by atoms with Crippen LogP contribution in [0.4, 0.5) is 0 Å². The number of nitrogens with zero attached hydrogens (tertiary/aromatic N) is 1. The molecule has 0 radical (unpaired) electrons. The fourth-order valence-electron chi connectivity index (χ4n) is 1.22. The fraction of sp³-hybridized carbons (Fsp3) is 0.545. The van der Waals surface area contributed by atoms with Gasteiger partial charge in [-0.2, -0.15) is 0 Å². The Balaban J connectivity index is 2.67. The highest BCUT2D eigenvalue weighted by molar-refractivity contribution is 5.21. The van der Waals surface area contributed by atoms with E-state index in [1.807, 2.05) is 6.92 Å². The van der Waals surface area contributed by atoms with Gasteiger partial charge in [-0.05, 0) is 25.5 Å². The maximum absolute atomic E-state index is 4.41. The summed E-state index contributed by atoms with van der Waals surface area (Å²) in [4.78, 5) is 4.41. The van der Waals surface area contributed by atoms with E-state index in [9.17, 15) is 0 Å². The van der Waals surface area contributed by atoms with Crippen molar-refractivity contribution in [1.29, 1.82) is 0 Å². The normalized spacial score (nSPS) is 10.8. The van der Waals surface area contributed by atoms with E-state index in [0.717, 1.165) is 17.9 Å². The molecule has 0 aliphatic rings. The molecule has 0 aliphatic carbocycles. The Hall–Kier alpha value is -0.890. The molecule has 0 bridgehead atoms. The van der Waals surface area contributed by atoms with Crippen molar-refractivity contribution < 1.29 is 0 Å². The van der Waals surface area contributed by atoms with Crippen molar-refractivity contribution in [1.82, 2.24) is 10.3 Å². The van der Waals surface area contributed by atoms with Gasteiger partial charge >= 0.3 is 0 Å². The van der Waals surface area contributed by atoms with Crippen molar-refractivity contribution >= 4 is 0 Å². The van der Waals surface area contributed by atoms with Crippen LogP contribution in [0.25, 0.3) is 0 Å². The lowest BCUT2D eigenvalue weighted by Crippen LogP contribution is -2.22. The van der Waals surface area contributed by atoms with Crippen LogP contribution in [0.2, 0.25) is 0 Å². The number of hydrogen-bond donors (Lipinski definition) is 1. The van der Waals surface area contributed by atoms with E-state index in [2.05, 4.69) is 43.2 Å². The Morgan fingerprint density at radius 3 is 2.54 bits per heavy atom. The average molecular weight is 178 g/mol. The second-order valence-corrected chi connectivity index (χ2v) is 3.73. The minimum atomic E-state index is 0.528. The third-order valence-electron chi connectivity index (χ3n) is 2.04. The van der Waals surface area contributed by atoms with Crippen LogP contribution in [0.5, 0.6) is 0 Å². The van der Waals surface area contributed by atoms with Crippen molar-refractivity contribution in [2.45, 2.75) is 40.3 Å². The Morgan fingerprint density at radius 1 is 1.31 bits per heavy atom. The monoisotopic (exact) mass is 178 g/mol. The van der Waals surface area contributed by atoms with Crippen LogP contribution in [-0.2, 0) is 6.54 Å². The molecule has 0 amide bonds. The second-order valence-electron chi connectivity index (χ2n) is 3.73.